The lowest BCUT2D eigenvalue weighted by Crippen LogP contribution is -2.41. The molecule has 9 heteroatoms. The molecule has 0 spiro atoms. The second-order valence-electron chi connectivity index (χ2n) is 5.99. The van der Waals surface area contributed by atoms with Gasteiger partial charge < -0.3 is 10.1 Å². The Balaban J connectivity index is 2.18. The molecule has 0 aliphatic heterocycles. The van der Waals surface area contributed by atoms with Crippen LogP contribution in [-0.4, -0.2) is 32.8 Å². The Morgan fingerprint density at radius 2 is 1.89 bits per heavy atom. The van der Waals surface area contributed by atoms with E-state index >= 15 is 0 Å². The van der Waals surface area contributed by atoms with Gasteiger partial charge in [0.2, 0.25) is 15.9 Å². The van der Waals surface area contributed by atoms with Gasteiger partial charge in [-0.1, -0.05) is 23.7 Å². The summed E-state index contributed by atoms with van der Waals surface area (Å²) in [5.74, 6) is -0.584. The van der Waals surface area contributed by atoms with E-state index in [1.165, 1.54) is 38.1 Å². The number of anilines is 1. The van der Waals surface area contributed by atoms with Crippen LogP contribution in [0.3, 0.4) is 0 Å². The molecule has 0 aliphatic rings. The van der Waals surface area contributed by atoms with Crippen molar-refractivity contribution in [2.75, 3.05) is 11.9 Å². The molecule has 0 aromatic heterocycles. The van der Waals surface area contributed by atoms with E-state index in [4.69, 9.17) is 16.3 Å². The molecule has 0 heterocycles. The lowest BCUT2D eigenvalue weighted by atomic mass is 10.1. The van der Waals surface area contributed by atoms with Crippen molar-refractivity contribution in [3.63, 3.8) is 0 Å². The fourth-order valence-corrected chi connectivity index (χ4v) is 3.99. The summed E-state index contributed by atoms with van der Waals surface area (Å²) in [4.78, 5) is 23.7. The number of Topliss-reactive ketones (excluding diaryl/α,β-unsaturated/α-hetero) is 1. The van der Waals surface area contributed by atoms with Crippen molar-refractivity contribution in [2.24, 2.45) is 0 Å². The van der Waals surface area contributed by atoms with Crippen molar-refractivity contribution in [3.05, 3.63) is 53.1 Å². The molecule has 0 radical (unpaired) electrons. The molecule has 0 saturated heterocycles. The molecule has 1 amide bonds. The number of hydrogen-bond donors (Lipinski definition) is 2. The van der Waals surface area contributed by atoms with Gasteiger partial charge in [0.05, 0.1) is 12.6 Å². The van der Waals surface area contributed by atoms with Gasteiger partial charge in [-0.05, 0) is 51.1 Å². The molecule has 0 fully saturated rings. The Kier molecular flexibility index (Phi) is 7.17. The average Bonchev–Trinajstić information content (AvgIpc) is 2.63. The van der Waals surface area contributed by atoms with Crippen molar-refractivity contribution in [1.29, 1.82) is 0 Å². The number of halogens is 1. The quantitative estimate of drug-likeness (QED) is 0.633. The van der Waals surface area contributed by atoms with E-state index in [2.05, 4.69) is 10.0 Å². The second kappa shape index (κ2) is 9.18. The van der Waals surface area contributed by atoms with E-state index < -0.39 is 22.0 Å². The Bertz CT molecular complexity index is 992. The number of carbonyl (C=O) groups excluding carboxylic acids is 2. The fraction of sp³-hybridized carbons (Fsp3) is 0.263. The normalized spacial score (nSPS) is 12.3. The third-order valence-corrected chi connectivity index (χ3v) is 5.55. The molecule has 7 nitrogen and oxygen atoms in total. The smallest absolute Gasteiger partial charge is 0.245 e. The second-order valence-corrected chi connectivity index (χ2v) is 8.11. The van der Waals surface area contributed by atoms with Crippen LogP contribution in [0, 0.1) is 0 Å². The molecular weight excluding hydrogens is 404 g/mol. The summed E-state index contributed by atoms with van der Waals surface area (Å²) in [6.45, 7) is 4.82. The van der Waals surface area contributed by atoms with Crippen molar-refractivity contribution in [2.45, 2.75) is 31.7 Å². The van der Waals surface area contributed by atoms with Crippen LogP contribution in [0.2, 0.25) is 5.02 Å². The lowest BCUT2D eigenvalue weighted by Gasteiger charge is -2.17. The highest BCUT2D eigenvalue weighted by atomic mass is 35.5. The average molecular weight is 425 g/mol. The number of rotatable bonds is 8. The topological polar surface area (TPSA) is 102 Å². The van der Waals surface area contributed by atoms with Gasteiger partial charge >= 0.3 is 0 Å². The number of ether oxygens (including phenoxy) is 1. The summed E-state index contributed by atoms with van der Waals surface area (Å²) in [6, 6.07) is 9.53. The molecule has 1 unspecified atom stereocenters. The maximum absolute atomic E-state index is 12.7. The Hall–Kier alpha value is -2.42. The highest BCUT2D eigenvalue weighted by Crippen LogP contribution is 2.27. The molecule has 2 rings (SSSR count). The van der Waals surface area contributed by atoms with Crippen molar-refractivity contribution in [3.8, 4) is 5.75 Å². The fourth-order valence-electron chi connectivity index (χ4n) is 2.38. The van der Waals surface area contributed by atoms with Crippen LogP contribution in [0.25, 0.3) is 0 Å². The standard InChI is InChI=1S/C19H21ClN2O5S/c1-4-27-17-9-8-15(20)11-18(17)28(25,26)22-12(2)19(24)21-16-7-5-6-14(10-16)13(3)23/h5-12,22H,4H2,1-3H3,(H,21,24). The van der Waals surface area contributed by atoms with Crippen molar-refractivity contribution < 1.29 is 22.7 Å². The summed E-state index contributed by atoms with van der Waals surface area (Å²) in [7, 11) is -4.07. The maximum Gasteiger partial charge on any atom is 0.245 e. The van der Waals surface area contributed by atoms with Gasteiger partial charge in [0.15, 0.2) is 5.78 Å². The zero-order valence-corrected chi connectivity index (χ0v) is 17.2. The number of hydrogen-bond acceptors (Lipinski definition) is 5. The molecule has 0 bridgehead atoms. The SMILES string of the molecule is CCOc1ccc(Cl)cc1S(=O)(=O)NC(C)C(=O)Nc1cccc(C(C)=O)c1. The predicted octanol–water partition coefficient (Wildman–Crippen LogP) is 3.25. The minimum Gasteiger partial charge on any atom is -0.492 e. The van der Waals surface area contributed by atoms with E-state index in [0.29, 0.717) is 11.3 Å². The lowest BCUT2D eigenvalue weighted by molar-refractivity contribution is -0.117. The maximum atomic E-state index is 12.7. The molecule has 2 aromatic rings. The first-order valence-corrected chi connectivity index (χ1v) is 10.4. The first-order valence-electron chi connectivity index (χ1n) is 8.50. The largest absolute Gasteiger partial charge is 0.492 e. The van der Waals surface area contributed by atoms with Crippen LogP contribution in [0.1, 0.15) is 31.1 Å². The van der Waals surface area contributed by atoms with E-state index in [0.717, 1.165) is 0 Å². The van der Waals surface area contributed by atoms with Gasteiger partial charge in [0.25, 0.3) is 0 Å². The van der Waals surface area contributed by atoms with Crippen LogP contribution < -0.4 is 14.8 Å². The number of benzene rings is 2. The number of carbonyl (C=O) groups is 2. The summed E-state index contributed by atoms with van der Waals surface area (Å²) in [5, 5.41) is 2.81. The third-order valence-electron chi connectivity index (χ3n) is 3.76. The Morgan fingerprint density at radius 3 is 2.54 bits per heavy atom. The first-order chi connectivity index (χ1) is 13.1. The van der Waals surface area contributed by atoms with E-state index in [9.17, 15) is 18.0 Å². The number of nitrogens with one attached hydrogen (secondary N) is 2. The van der Waals surface area contributed by atoms with Gasteiger partial charge in [-0.25, -0.2) is 8.42 Å². The van der Waals surface area contributed by atoms with Crippen LogP contribution in [0.4, 0.5) is 5.69 Å². The Labute approximate surface area is 169 Å². The van der Waals surface area contributed by atoms with E-state index in [-0.39, 0.29) is 28.1 Å². The summed E-state index contributed by atoms with van der Waals surface area (Å²) in [5.41, 5.74) is 0.827. The first kappa shape index (κ1) is 21.9. The van der Waals surface area contributed by atoms with E-state index in [1.807, 2.05) is 0 Å². The zero-order chi connectivity index (χ0) is 20.9. The third kappa shape index (κ3) is 5.54. The molecule has 28 heavy (non-hydrogen) atoms. The van der Waals surface area contributed by atoms with Gasteiger partial charge in [0, 0.05) is 16.3 Å². The summed E-state index contributed by atoms with van der Waals surface area (Å²) in [6.07, 6.45) is 0. The summed E-state index contributed by atoms with van der Waals surface area (Å²) >= 11 is 5.92. The monoisotopic (exact) mass is 424 g/mol. The van der Waals surface area contributed by atoms with Crippen LogP contribution in [-0.2, 0) is 14.8 Å². The summed E-state index contributed by atoms with van der Waals surface area (Å²) < 4.78 is 33.1. The van der Waals surface area contributed by atoms with Crippen molar-refractivity contribution in [1.82, 2.24) is 4.72 Å². The van der Waals surface area contributed by atoms with Gasteiger partial charge in [-0.3, -0.25) is 9.59 Å². The highest BCUT2D eigenvalue weighted by molar-refractivity contribution is 7.89. The number of sulfonamides is 1. The minimum atomic E-state index is -4.07. The molecule has 2 N–H and O–H groups in total. The molecular formula is C19H21ClN2O5S. The van der Waals surface area contributed by atoms with Crippen LogP contribution in [0.15, 0.2) is 47.4 Å². The zero-order valence-electron chi connectivity index (χ0n) is 15.7. The highest BCUT2D eigenvalue weighted by Gasteiger charge is 2.25. The number of amides is 1. The minimum absolute atomic E-state index is 0.140. The van der Waals surface area contributed by atoms with Crippen molar-refractivity contribution >= 4 is 39.0 Å². The molecule has 0 saturated carbocycles. The predicted molar refractivity (Wildman–Crippen MR) is 107 cm³/mol. The molecule has 2 aromatic carbocycles. The van der Waals surface area contributed by atoms with Crippen LogP contribution >= 0.6 is 11.6 Å². The molecule has 1 atom stereocenters. The molecule has 150 valence electrons. The van der Waals surface area contributed by atoms with Gasteiger partial charge in [0.1, 0.15) is 10.6 Å². The number of ketones is 1. The molecule has 0 aliphatic carbocycles. The van der Waals surface area contributed by atoms with Gasteiger partial charge in [-0.2, -0.15) is 4.72 Å². The van der Waals surface area contributed by atoms with E-state index in [1.54, 1.807) is 25.1 Å². The van der Waals surface area contributed by atoms with Crippen LogP contribution in [0.5, 0.6) is 5.75 Å². The Morgan fingerprint density at radius 1 is 1.18 bits per heavy atom. The van der Waals surface area contributed by atoms with Gasteiger partial charge in [-0.15, -0.1) is 0 Å².